The van der Waals surface area contributed by atoms with E-state index in [0.29, 0.717) is 19.4 Å². The molecule has 2 aromatic carbocycles. The highest BCUT2D eigenvalue weighted by Crippen LogP contribution is 2.16. The van der Waals surface area contributed by atoms with Crippen molar-refractivity contribution in [3.8, 4) is 0 Å². The molecule has 2 nitrogen and oxygen atoms in total. The lowest BCUT2D eigenvalue weighted by molar-refractivity contribution is -0.119. The van der Waals surface area contributed by atoms with Gasteiger partial charge in [-0.1, -0.05) is 42.5 Å². The smallest absolute Gasteiger partial charge is 0.139 e. The summed E-state index contributed by atoms with van der Waals surface area (Å²) in [5, 5.41) is 2.39. The fourth-order valence-electron chi connectivity index (χ4n) is 1.88. The molecule has 0 amide bonds. The maximum Gasteiger partial charge on any atom is 0.139 e. The van der Waals surface area contributed by atoms with Gasteiger partial charge in [-0.15, -0.1) is 0 Å². The van der Waals surface area contributed by atoms with Gasteiger partial charge >= 0.3 is 0 Å². The van der Waals surface area contributed by atoms with Gasteiger partial charge in [0, 0.05) is 20.0 Å². The monoisotopic (exact) mass is 228 g/mol. The van der Waals surface area contributed by atoms with Gasteiger partial charge in [0.15, 0.2) is 0 Å². The normalized spacial score (nSPS) is 10.6. The molecule has 0 saturated carbocycles. The minimum atomic E-state index is 0.224. The van der Waals surface area contributed by atoms with Crippen molar-refractivity contribution >= 4 is 16.6 Å². The molecule has 17 heavy (non-hydrogen) atoms. The molecule has 0 atom stereocenters. The summed E-state index contributed by atoms with van der Waals surface area (Å²) < 4.78 is 4.90. The van der Waals surface area contributed by atoms with Crippen molar-refractivity contribution in [1.29, 1.82) is 0 Å². The summed E-state index contributed by atoms with van der Waals surface area (Å²) in [4.78, 5) is 11.6. The van der Waals surface area contributed by atoms with Gasteiger partial charge in [0.1, 0.15) is 5.78 Å². The molecular weight excluding hydrogens is 212 g/mol. The zero-order valence-electron chi connectivity index (χ0n) is 9.98. The van der Waals surface area contributed by atoms with Gasteiger partial charge in [-0.2, -0.15) is 0 Å². The molecule has 0 spiro atoms. The highest BCUT2D eigenvalue weighted by molar-refractivity contribution is 5.86. The molecule has 0 fully saturated rings. The Morgan fingerprint density at radius 1 is 1.12 bits per heavy atom. The van der Waals surface area contributed by atoms with Crippen molar-refractivity contribution in [2.24, 2.45) is 0 Å². The van der Waals surface area contributed by atoms with Gasteiger partial charge in [-0.25, -0.2) is 0 Å². The molecule has 0 saturated heterocycles. The van der Waals surface area contributed by atoms with E-state index in [-0.39, 0.29) is 5.78 Å². The van der Waals surface area contributed by atoms with E-state index in [1.165, 1.54) is 10.8 Å². The van der Waals surface area contributed by atoms with Crippen molar-refractivity contribution in [2.75, 3.05) is 13.7 Å². The zero-order valence-corrected chi connectivity index (χ0v) is 9.98. The summed E-state index contributed by atoms with van der Waals surface area (Å²) in [7, 11) is 1.61. The summed E-state index contributed by atoms with van der Waals surface area (Å²) >= 11 is 0. The van der Waals surface area contributed by atoms with Crippen LogP contribution in [0.15, 0.2) is 42.5 Å². The molecular formula is C15H16O2. The van der Waals surface area contributed by atoms with E-state index in [1.807, 2.05) is 18.2 Å². The number of hydrogen-bond donors (Lipinski definition) is 0. The minimum absolute atomic E-state index is 0.224. The summed E-state index contributed by atoms with van der Waals surface area (Å²) in [5.74, 6) is 0.224. The standard InChI is InChI=1S/C15H16O2/c1-17-9-8-15(16)11-12-6-7-13-4-2-3-5-14(13)10-12/h2-7,10H,8-9,11H2,1H3. The van der Waals surface area contributed by atoms with Gasteiger partial charge in [0.2, 0.25) is 0 Å². The molecule has 0 aliphatic carbocycles. The summed E-state index contributed by atoms with van der Waals surface area (Å²) in [6.45, 7) is 0.506. The fourth-order valence-corrected chi connectivity index (χ4v) is 1.88. The number of carbonyl (C=O) groups excluding carboxylic acids is 1. The quantitative estimate of drug-likeness (QED) is 0.786. The lowest BCUT2D eigenvalue weighted by Crippen LogP contribution is -2.05. The van der Waals surface area contributed by atoms with Crippen LogP contribution in [0.2, 0.25) is 0 Å². The van der Waals surface area contributed by atoms with Gasteiger partial charge in [-0.3, -0.25) is 4.79 Å². The molecule has 0 N–H and O–H groups in total. The van der Waals surface area contributed by atoms with E-state index in [1.54, 1.807) is 7.11 Å². The number of rotatable bonds is 5. The number of ether oxygens (including phenoxy) is 1. The van der Waals surface area contributed by atoms with Crippen molar-refractivity contribution in [3.63, 3.8) is 0 Å². The molecule has 0 aliphatic rings. The molecule has 0 unspecified atom stereocenters. The molecule has 0 heterocycles. The number of Topliss-reactive ketones (excluding diaryl/α,β-unsaturated/α-hetero) is 1. The Labute approximate surface area is 101 Å². The Morgan fingerprint density at radius 2 is 1.88 bits per heavy atom. The second kappa shape index (κ2) is 5.60. The molecule has 88 valence electrons. The van der Waals surface area contributed by atoms with Gasteiger partial charge in [-0.05, 0) is 16.3 Å². The topological polar surface area (TPSA) is 26.3 Å². The van der Waals surface area contributed by atoms with Crippen LogP contribution in [-0.4, -0.2) is 19.5 Å². The van der Waals surface area contributed by atoms with Gasteiger partial charge in [0.05, 0.1) is 6.61 Å². The van der Waals surface area contributed by atoms with E-state index >= 15 is 0 Å². The molecule has 0 aliphatic heterocycles. The summed E-state index contributed by atoms with van der Waals surface area (Å²) in [6, 6.07) is 14.3. The SMILES string of the molecule is COCCC(=O)Cc1ccc2ccccc2c1. The lowest BCUT2D eigenvalue weighted by Gasteiger charge is -2.03. The zero-order chi connectivity index (χ0) is 12.1. The number of hydrogen-bond acceptors (Lipinski definition) is 2. The van der Waals surface area contributed by atoms with Crippen LogP contribution in [-0.2, 0) is 16.0 Å². The van der Waals surface area contributed by atoms with Gasteiger partial charge < -0.3 is 4.74 Å². The Bertz CT molecular complexity index is 517. The summed E-state index contributed by atoms with van der Waals surface area (Å²) in [6.07, 6.45) is 0.984. The number of methoxy groups -OCH3 is 1. The first-order chi connectivity index (χ1) is 8.29. The van der Waals surface area contributed by atoms with Gasteiger partial charge in [0.25, 0.3) is 0 Å². The third kappa shape index (κ3) is 3.14. The Balaban J connectivity index is 2.11. The van der Waals surface area contributed by atoms with Crippen LogP contribution in [0.25, 0.3) is 10.8 Å². The predicted octanol–water partition coefficient (Wildman–Crippen LogP) is 2.99. The second-order valence-electron chi connectivity index (χ2n) is 4.14. The fraction of sp³-hybridized carbons (Fsp3) is 0.267. The average molecular weight is 228 g/mol. The number of benzene rings is 2. The van der Waals surface area contributed by atoms with Crippen LogP contribution in [0.3, 0.4) is 0 Å². The maximum absolute atomic E-state index is 11.6. The highest BCUT2D eigenvalue weighted by Gasteiger charge is 2.04. The second-order valence-corrected chi connectivity index (χ2v) is 4.14. The average Bonchev–Trinajstić information content (AvgIpc) is 2.36. The highest BCUT2D eigenvalue weighted by atomic mass is 16.5. The Hall–Kier alpha value is -1.67. The number of ketones is 1. The van der Waals surface area contributed by atoms with Crippen molar-refractivity contribution in [1.82, 2.24) is 0 Å². The third-order valence-electron chi connectivity index (χ3n) is 2.80. The van der Waals surface area contributed by atoms with Crippen LogP contribution < -0.4 is 0 Å². The molecule has 2 rings (SSSR count). The largest absolute Gasteiger partial charge is 0.384 e. The van der Waals surface area contributed by atoms with E-state index in [4.69, 9.17) is 4.74 Å². The molecule has 2 aromatic rings. The van der Waals surface area contributed by atoms with Crippen LogP contribution in [0.5, 0.6) is 0 Å². The molecule has 0 aromatic heterocycles. The third-order valence-corrected chi connectivity index (χ3v) is 2.80. The predicted molar refractivity (Wildman–Crippen MR) is 69.2 cm³/mol. The van der Waals surface area contributed by atoms with Crippen LogP contribution in [0, 0.1) is 0 Å². The first-order valence-electron chi connectivity index (χ1n) is 5.78. The van der Waals surface area contributed by atoms with E-state index < -0.39 is 0 Å². The molecule has 2 heteroatoms. The van der Waals surface area contributed by atoms with Crippen LogP contribution in [0.1, 0.15) is 12.0 Å². The summed E-state index contributed by atoms with van der Waals surface area (Å²) in [5.41, 5.74) is 1.07. The van der Waals surface area contributed by atoms with E-state index in [0.717, 1.165) is 5.56 Å². The Kier molecular flexibility index (Phi) is 3.89. The molecule has 0 radical (unpaired) electrons. The number of carbonyl (C=O) groups is 1. The first-order valence-corrected chi connectivity index (χ1v) is 5.78. The number of fused-ring (bicyclic) bond motifs is 1. The minimum Gasteiger partial charge on any atom is -0.384 e. The van der Waals surface area contributed by atoms with Crippen molar-refractivity contribution < 1.29 is 9.53 Å². The van der Waals surface area contributed by atoms with E-state index in [2.05, 4.69) is 24.3 Å². The van der Waals surface area contributed by atoms with Crippen LogP contribution >= 0.6 is 0 Å². The van der Waals surface area contributed by atoms with Crippen LogP contribution in [0.4, 0.5) is 0 Å². The molecule has 0 bridgehead atoms. The maximum atomic E-state index is 11.6. The van der Waals surface area contributed by atoms with Crippen molar-refractivity contribution in [3.05, 3.63) is 48.0 Å². The van der Waals surface area contributed by atoms with Crippen molar-refractivity contribution in [2.45, 2.75) is 12.8 Å². The lowest BCUT2D eigenvalue weighted by atomic mass is 10.0. The Morgan fingerprint density at radius 3 is 2.65 bits per heavy atom. The van der Waals surface area contributed by atoms with E-state index in [9.17, 15) is 4.79 Å². The first kappa shape index (κ1) is 11.8.